The second-order valence-electron chi connectivity index (χ2n) is 9.47. The number of carbonyl (C=O) groups is 2. The van der Waals surface area contributed by atoms with Crippen molar-refractivity contribution in [2.45, 2.75) is 70.9 Å². The topological polar surface area (TPSA) is 56.4 Å². The first-order valence-corrected chi connectivity index (χ1v) is 12.8. The zero-order chi connectivity index (χ0) is 23.8. The lowest BCUT2D eigenvalue weighted by molar-refractivity contribution is -0.141. The van der Waals surface area contributed by atoms with E-state index in [1.54, 1.807) is 0 Å². The molecular formula is C29H37N3O2. The molecule has 0 bridgehead atoms. The van der Waals surface area contributed by atoms with E-state index in [2.05, 4.69) is 36.2 Å². The first-order chi connectivity index (χ1) is 16.7. The van der Waals surface area contributed by atoms with E-state index in [4.69, 9.17) is 0 Å². The second-order valence-corrected chi connectivity index (χ2v) is 9.47. The van der Waals surface area contributed by atoms with E-state index in [-0.39, 0.29) is 24.4 Å². The number of aromatic nitrogens is 1. The minimum Gasteiger partial charge on any atom is -0.361 e. The molecule has 0 saturated heterocycles. The Morgan fingerprint density at radius 1 is 0.941 bits per heavy atom. The van der Waals surface area contributed by atoms with Gasteiger partial charge in [-0.1, -0.05) is 74.7 Å². The zero-order valence-electron chi connectivity index (χ0n) is 20.3. The third kappa shape index (κ3) is 6.49. The molecule has 180 valence electrons. The van der Waals surface area contributed by atoms with Gasteiger partial charge in [-0.25, -0.2) is 0 Å². The van der Waals surface area contributed by atoms with Gasteiger partial charge in [0.05, 0.1) is 0 Å². The highest BCUT2D eigenvalue weighted by Crippen LogP contribution is 2.28. The SMILES string of the molecule is CCCCCCC(=O)N(CC(=O)N(CCc1c[nH]c2ccccc12)Cc1ccccc1)C1CC1. The largest absolute Gasteiger partial charge is 0.361 e. The maximum absolute atomic E-state index is 13.5. The highest BCUT2D eigenvalue weighted by Gasteiger charge is 2.34. The van der Waals surface area contributed by atoms with Crippen molar-refractivity contribution in [2.24, 2.45) is 0 Å². The van der Waals surface area contributed by atoms with Crippen molar-refractivity contribution in [2.75, 3.05) is 13.1 Å². The Bertz CT molecular complexity index is 1070. The molecule has 5 heteroatoms. The summed E-state index contributed by atoms with van der Waals surface area (Å²) in [7, 11) is 0. The minimum absolute atomic E-state index is 0.0394. The Kier molecular flexibility index (Phi) is 8.40. The quantitative estimate of drug-likeness (QED) is 0.333. The van der Waals surface area contributed by atoms with Gasteiger partial charge < -0.3 is 14.8 Å². The smallest absolute Gasteiger partial charge is 0.242 e. The van der Waals surface area contributed by atoms with Crippen LogP contribution in [0, 0.1) is 0 Å². The molecule has 1 saturated carbocycles. The van der Waals surface area contributed by atoms with Gasteiger partial charge in [0.2, 0.25) is 11.8 Å². The first kappa shape index (κ1) is 24.1. The molecule has 1 aliphatic carbocycles. The number of H-pyrrole nitrogens is 1. The summed E-state index contributed by atoms with van der Waals surface area (Å²) in [4.78, 5) is 33.6. The van der Waals surface area contributed by atoms with Gasteiger partial charge in [-0.05, 0) is 42.9 Å². The lowest BCUT2D eigenvalue weighted by Gasteiger charge is -2.28. The van der Waals surface area contributed by atoms with Crippen molar-refractivity contribution in [3.63, 3.8) is 0 Å². The molecular weight excluding hydrogens is 422 g/mol. The molecule has 0 atom stereocenters. The summed E-state index contributed by atoms with van der Waals surface area (Å²) in [6, 6.07) is 18.6. The van der Waals surface area contributed by atoms with Gasteiger partial charge in [-0.15, -0.1) is 0 Å². The molecule has 5 nitrogen and oxygen atoms in total. The molecule has 3 aromatic rings. The van der Waals surface area contributed by atoms with Crippen LogP contribution >= 0.6 is 0 Å². The van der Waals surface area contributed by atoms with Crippen LogP contribution in [0.4, 0.5) is 0 Å². The maximum atomic E-state index is 13.5. The number of hydrogen-bond donors (Lipinski definition) is 1. The van der Waals surface area contributed by atoms with Crippen LogP contribution in [0.3, 0.4) is 0 Å². The fourth-order valence-electron chi connectivity index (χ4n) is 4.59. The molecule has 0 spiro atoms. The molecule has 4 rings (SSSR count). The number of benzene rings is 2. The molecule has 1 N–H and O–H groups in total. The van der Waals surface area contributed by atoms with Gasteiger partial charge in [0, 0.05) is 42.7 Å². The molecule has 34 heavy (non-hydrogen) atoms. The average Bonchev–Trinajstić information content (AvgIpc) is 3.62. The number of nitrogens with zero attached hydrogens (tertiary/aromatic N) is 2. The van der Waals surface area contributed by atoms with E-state index in [0.29, 0.717) is 19.5 Å². The minimum atomic E-state index is 0.0394. The summed E-state index contributed by atoms with van der Waals surface area (Å²) in [6.45, 7) is 3.55. The third-order valence-corrected chi connectivity index (χ3v) is 6.75. The van der Waals surface area contributed by atoms with Crippen molar-refractivity contribution in [3.8, 4) is 0 Å². The van der Waals surface area contributed by atoms with Crippen LogP contribution in [0.2, 0.25) is 0 Å². The van der Waals surface area contributed by atoms with Crippen LogP contribution in [0.5, 0.6) is 0 Å². The summed E-state index contributed by atoms with van der Waals surface area (Å²) in [6.07, 6.45) is 9.72. The molecule has 1 heterocycles. The predicted molar refractivity (Wildman–Crippen MR) is 137 cm³/mol. The summed E-state index contributed by atoms with van der Waals surface area (Å²) in [5.41, 5.74) is 3.44. The predicted octanol–water partition coefficient (Wildman–Crippen LogP) is 5.70. The summed E-state index contributed by atoms with van der Waals surface area (Å²) < 4.78 is 0. The van der Waals surface area contributed by atoms with Crippen molar-refractivity contribution in [1.29, 1.82) is 0 Å². The third-order valence-electron chi connectivity index (χ3n) is 6.75. The van der Waals surface area contributed by atoms with Crippen LogP contribution < -0.4 is 0 Å². The van der Waals surface area contributed by atoms with Crippen LogP contribution in [-0.4, -0.2) is 45.7 Å². The highest BCUT2D eigenvalue weighted by atomic mass is 16.2. The van der Waals surface area contributed by atoms with Gasteiger partial charge in [-0.2, -0.15) is 0 Å². The van der Waals surface area contributed by atoms with Crippen LogP contribution in [0.25, 0.3) is 10.9 Å². The Hall–Kier alpha value is -3.08. The lowest BCUT2D eigenvalue weighted by Crippen LogP contribution is -2.44. The molecule has 0 aliphatic heterocycles. The summed E-state index contributed by atoms with van der Waals surface area (Å²) >= 11 is 0. The number of nitrogens with one attached hydrogen (secondary N) is 1. The number of unbranched alkanes of at least 4 members (excludes halogenated alkanes) is 3. The number of para-hydroxylation sites is 1. The zero-order valence-corrected chi connectivity index (χ0v) is 20.3. The van der Waals surface area contributed by atoms with Crippen LogP contribution in [0.15, 0.2) is 60.8 Å². The molecule has 2 aromatic carbocycles. The Balaban J connectivity index is 1.43. The molecule has 1 aliphatic rings. The van der Waals surface area contributed by atoms with Gasteiger partial charge in [0.15, 0.2) is 0 Å². The standard InChI is InChI=1S/C29H37N3O2/c1-2-3-4-8-15-28(33)32(25-16-17-25)22-29(34)31(21-23-11-6-5-7-12-23)19-18-24-20-30-27-14-10-9-13-26(24)27/h5-7,9-14,20,25,30H,2-4,8,15-19,21-22H2,1H3. The number of rotatable bonds is 13. The second kappa shape index (κ2) is 11.9. The Morgan fingerprint density at radius 3 is 2.47 bits per heavy atom. The Morgan fingerprint density at radius 2 is 1.71 bits per heavy atom. The van der Waals surface area contributed by atoms with Crippen molar-refractivity contribution in [3.05, 3.63) is 71.9 Å². The maximum Gasteiger partial charge on any atom is 0.242 e. The van der Waals surface area contributed by atoms with Gasteiger partial charge in [0.25, 0.3) is 0 Å². The van der Waals surface area contributed by atoms with Gasteiger partial charge in [-0.3, -0.25) is 9.59 Å². The van der Waals surface area contributed by atoms with Gasteiger partial charge in [0.1, 0.15) is 6.54 Å². The molecule has 0 unspecified atom stereocenters. The monoisotopic (exact) mass is 459 g/mol. The fraction of sp³-hybridized carbons (Fsp3) is 0.448. The normalized spacial score (nSPS) is 13.2. The van der Waals surface area contributed by atoms with Crippen LogP contribution in [-0.2, 0) is 22.6 Å². The highest BCUT2D eigenvalue weighted by molar-refractivity contribution is 5.86. The van der Waals surface area contributed by atoms with Gasteiger partial charge >= 0.3 is 0 Å². The van der Waals surface area contributed by atoms with E-state index >= 15 is 0 Å². The van der Waals surface area contributed by atoms with Crippen molar-refractivity contribution < 1.29 is 9.59 Å². The number of amides is 2. The fourth-order valence-corrected chi connectivity index (χ4v) is 4.59. The van der Waals surface area contributed by atoms with E-state index in [9.17, 15) is 9.59 Å². The lowest BCUT2D eigenvalue weighted by atomic mass is 10.1. The van der Waals surface area contributed by atoms with E-state index in [0.717, 1.165) is 56.0 Å². The average molecular weight is 460 g/mol. The summed E-state index contributed by atoms with van der Waals surface area (Å²) in [5, 5.41) is 1.21. The van der Waals surface area contributed by atoms with Crippen molar-refractivity contribution in [1.82, 2.24) is 14.8 Å². The van der Waals surface area contributed by atoms with E-state index in [1.165, 1.54) is 10.9 Å². The molecule has 1 fully saturated rings. The number of carbonyl (C=O) groups excluding carboxylic acids is 2. The molecule has 1 aromatic heterocycles. The van der Waals surface area contributed by atoms with E-state index in [1.807, 2.05) is 46.3 Å². The number of fused-ring (bicyclic) bond motifs is 1. The van der Waals surface area contributed by atoms with Crippen molar-refractivity contribution >= 4 is 22.7 Å². The van der Waals surface area contributed by atoms with Crippen LogP contribution in [0.1, 0.15) is 63.0 Å². The Labute approximate surface area is 203 Å². The first-order valence-electron chi connectivity index (χ1n) is 12.8. The number of hydrogen-bond acceptors (Lipinski definition) is 2. The van der Waals surface area contributed by atoms with E-state index < -0.39 is 0 Å². The summed E-state index contributed by atoms with van der Waals surface area (Å²) in [5.74, 6) is 0.181. The molecule has 0 radical (unpaired) electrons. The molecule has 2 amide bonds. The number of aromatic amines is 1.